The van der Waals surface area contributed by atoms with Crippen LogP contribution < -0.4 is 0 Å². The minimum Gasteiger partial charge on any atom is -0.362 e. The maximum atomic E-state index is 10.9. The van der Waals surface area contributed by atoms with Crippen molar-refractivity contribution in [3.8, 4) is 0 Å². The van der Waals surface area contributed by atoms with E-state index < -0.39 is 9.05 Å². The molecule has 1 aromatic heterocycles. The SMILES string of the molecule is Cc1cc(C(C)CS(=O)(=O)Cl)c(C)[nH]1. The lowest BCUT2D eigenvalue weighted by atomic mass is 10.0. The van der Waals surface area contributed by atoms with Gasteiger partial charge in [0.1, 0.15) is 0 Å². The number of halogens is 1. The van der Waals surface area contributed by atoms with Gasteiger partial charge in [0, 0.05) is 22.1 Å². The van der Waals surface area contributed by atoms with Gasteiger partial charge in [-0.05, 0) is 31.4 Å². The molecule has 0 aromatic carbocycles. The van der Waals surface area contributed by atoms with Crippen LogP contribution in [0.3, 0.4) is 0 Å². The van der Waals surface area contributed by atoms with Gasteiger partial charge in [0.15, 0.2) is 0 Å². The Hall–Kier alpha value is -0.480. The van der Waals surface area contributed by atoms with Crippen LogP contribution in [0.25, 0.3) is 0 Å². The molecule has 80 valence electrons. The van der Waals surface area contributed by atoms with Crippen molar-refractivity contribution >= 4 is 19.7 Å². The lowest BCUT2D eigenvalue weighted by Gasteiger charge is -2.08. The van der Waals surface area contributed by atoms with Gasteiger partial charge in [0.25, 0.3) is 0 Å². The van der Waals surface area contributed by atoms with Crippen LogP contribution >= 0.6 is 10.7 Å². The Balaban J connectivity index is 2.90. The second-order valence-electron chi connectivity index (χ2n) is 3.64. The van der Waals surface area contributed by atoms with Crippen LogP contribution in [0.2, 0.25) is 0 Å². The van der Waals surface area contributed by atoms with Crippen molar-refractivity contribution in [2.24, 2.45) is 0 Å². The summed E-state index contributed by atoms with van der Waals surface area (Å²) in [5.41, 5.74) is 3.07. The smallest absolute Gasteiger partial charge is 0.233 e. The average Bonchev–Trinajstić information content (AvgIpc) is 2.26. The standard InChI is InChI=1S/C9H14ClNO2S/c1-6(5-14(10,12)13)9-4-7(2)11-8(9)3/h4,6,11H,5H2,1-3H3. The second-order valence-corrected chi connectivity index (χ2v) is 6.46. The Morgan fingerprint density at radius 1 is 1.50 bits per heavy atom. The quantitative estimate of drug-likeness (QED) is 0.818. The highest BCUT2D eigenvalue weighted by atomic mass is 35.7. The average molecular weight is 236 g/mol. The zero-order valence-electron chi connectivity index (χ0n) is 8.46. The first-order valence-electron chi connectivity index (χ1n) is 4.38. The minimum atomic E-state index is -3.42. The molecule has 0 bridgehead atoms. The molecule has 1 unspecified atom stereocenters. The van der Waals surface area contributed by atoms with Crippen molar-refractivity contribution in [3.05, 3.63) is 23.0 Å². The van der Waals surface area contributed by atoms with Gasteiger partial charge in [0.05, 0.1) is 5.75 Å². The van der Waals surface area contributed by atoms with Gasteiger partial charge in [-0.1, -0.05) is 6.92 Å². The van der Waals surface area contributed by atoms with Crippen molar-refractivity contribution in [2.75, 3.05) is 5.75 Å². The molecule has 1 N–H and O–H groups in total. The van der Waals surface area contributed by atoms with Gasteiger partial charge in [-0.25, -0.2) is 8.42 Å². The third-order valence-electron chi connectivity index (χ3n) is 2.17. The van der Waals surface area contributed by atoms with Crippen molar-refractivity contribution < 1.29 is 8.42 Å². The molecule has 3 nitrogen and oxygen atoms in total. The predicted molar refractivity (Wildman–Crippen MR) is 58.3 cm³/mol. The topological polar surface area (TPSA) is 49.9 Å². The minimum absolute atomic E-state index is 0.0211. The molecular formula is C9H14ClNO2S. The largest absolute Gasteiger partial charge is 0.362 e. The van der Waals surface area contributed by atoms with Gasteiger partial charge >= 0.3 is 0 Å². The Bertz CT molecular complexity index is 422. The first kappa shape index (κ1) is 11.6. The van der Waals surface area contributed by atoms with Crippen molar-refractivity contribution in [1.29, 1.82) is 0 Å². The Morgan fingerprint density at radius 3 is 2.43 bits per heavy atom. The summed E-state index contributed by atoms with van der Waals surface area (Å²) in [5, 5.41) is 0. The molecular weight excluding hydrogens is 222 g/mol. The summed E-state index contributed by atoms with van der Waals surface area (Å²) in [6, 6.07) is 1.96. The second kappa shape index (κ2) is 3.95. The molecule has 0 aliphatic heterocycles. The van der Waals surface area contributed by atoms with E-state index in [1.165, 1.54) is 0 Å². The van der Waals surface area contributed by atoms with Crippen LogP contribution in [0.5, 0.6) is 0 Å². The fraction of sp³-hybridized carbons (Fsp3) is 0.556. The zero-order valence-corrected chi connectivity index (χ0v) is 10.0. The van der Waals surface area contributed by atoms with Crippen molar-refractivity contribution in [3.63, 3.8) is 0 Å². The van der Waals surface area contributed by atoms with E-state index in [0.717, 1.165) is 17.0 Å². The summed E-state index contributed by atoms with van der Waals surface area (Å²) in [6.45, 7) is 5.73. The molecule has 1 atom stereocenters. The zero-order chi connectivity index (χ0) is 10.9. The van der Waals surface area contributed by atoms with Crippen LogP contribution in [-0.4, -0.2) is 19.2 Å². The number of aromatic amines is 1. The molecule has 14 heavy (non-hydrogen) atoms. The van der Waals surface area contributed by atoms with E-state index >= 15 is 0 Å². The molecule has 0 aliphatic rings. The van der Waals surface area contributed by atoms with Gasteiger partial charge in [-0.3, -0.25) is 0 Å². The van der Waals surface area contributed by atoms with Crippen molar-refractivity contribution in [2.45, 2.75) is 26.7 Å². The Kier molecular flexibility index (Phi) is 3.27. The highest BCUT2D eigenvalue weighted by Crippen LogP contribution is 2.22. The normalized spacial score (nSPS) is 14.3. The van der Waals surface area contributed by atoms with Gasteiger partial charge < -0.3 is 4.98 Å². The van der Waals surface area contributed by atoms with E-state index in [-0.39, 0.29) is 11.7 Å². The third kappa shape index (κ3) is 3.03. The number of hydrogen-bond donors (Lipinski definition) is 1. The fourth-order valence-electron chi connectivity index (χ4n) is 1.65. The van der Waals surface area contributed by atoms with Crippen LogP contribution in [-0.2, 0) is 9.05 Å². The van der Waals surface area contributed by atoms with E-state index in [4.69, 9.17) is 10.7 Å². The summed E-state index contributed by atoms with van der Waals surface area (Å²) in [5.74, 6) is -0.0883. The van der Waals surface area contributed by atoms with Crippen LogP contribution in [0, 0.1) is 13.8 Å². The molecule has 5 heteroatoms. The Morgan fingerprint density at radius 2 is 2.07 bits per heavy atom. The lowest BCUT2D eigenvalue weighted by Crippen LogP contribution is -2.07. The number of aromatic nitrogens is 1. The number of hydrogen-bond acceptors (Lipinski definition) is 2. The van der Waals surface area contributed by atoms with E-state index in [9.17, 15) is 8.42 Å². The van der Waals surface area contributed by atoms with Gasteiger partial charge in [-0.2, -0.15) is 0 Å². The number of aryl methyl sites for hydroxylation is 2. The molecule has 0 saturated carbocycles. The van der Waals surface area contributed by atoms with E-state index in [1.54, 1.807) is 0 Å². The van der Waals surface area contributed by atoms with Crippen LogP contribution in [0.4, 0.5) is 0 Å². The van der Waals surface area contributed by atoms with Gasteiger partial charge in [-0.15, -0.1) is 0 Å². The molecule has 0 saturated heterocycles. The number of rotatable bonds is 3. The maximum Gasteiger partial charge on any atom is 0.233 e. The molecule has 1 aromatic rings. The molecule has 1 rings (SSSR count). The predicted octanol–water partition coefficient (Wildman–Crippen LogP) is 2.30. The van der Waals surface area contributed by atoms with Crippen LogP contribution in [0.15, 0.2) is 6.07 Å². The monoisotopic (exact) mass is 235 g/mol. The lowest BCUT2D eigenvalue weighted by molar-refractivity contribution is 0.604. The van der Waals surface area contributed by atoms with E-state index in [1.807, 2.05) is 26.8 Å². The summed E-state index contributed by atoms with van der Waals surface area (Å²) in [7, 11) is 1.78. The molecule has 0 amide bonds. The summed E-state index contributed by atoms with van der Waals surface area (Å²) >= 11 is 0. The highest BCUT2D eigenvalue weighted by molar-refractivity contribution is 8.13. The number of H-pyrrole nitrogens is 1. The highest BCUT2D eigenvalue weighted by Gasteiger charge is 2.17. The first-order valence-corrected chi connectivity index (χ1v) is 6.86. The molecule has 0 spiro atoms. The van der Waals surface area contributed by atoms with Crippen molar-refractivity contribution in [1.82, 2.24) is 4.98 Å². The van der Waals surface area contributed by atoms with Gasteiger partial charge in [0.2, 0.25) is 9.05 Å². The summed E-state index contributed by atoms with van der Waals surface area (Å²) in [6.07, 6.45) is 0. The third-order valence-corrected chi connectivity index (χ3v) is 3.45. The Labute approximate surface area is 88.9 Å². The summed E-state index contributed by atoms with van der Waals surface area (Å²) in [4.78, 5) is 3.14. The fourth-order valence-corrected chi connectivity index (χ4v) is 2.99. The molecule has 0 aliphatic carbocycles. The molecule has 0 fully saturated rings. The number of nitrogens with one attached hydrogen (secondary N) is 1. The van der Waals surface area contributed by atoms with E-state index in [0.29, 0.717) is 0 Å². The summed E-state index contributed by atoms with van der Waals surface area (Å²) < 4.78 is 21.8. The van der Waals surface area contributed by atoms with Crippen LogP contribution in [0.1, 0.15) is 29.8 Å². The van der Waals surface area contributed by atoms with E-state index in [2.05, 4.69) is 4.98 Å². The first-order chi connectivity index (χ1) is 6.29. The molecule has 1 heterocycles. The molecule has 0 radical (unpaired) electrons. The maximum absolute atomic E-state index is 10.9.